The highest BCUT2D eigenvalue weighted by Crippen LogP contribution is 2.36. The van der Waals surface area contributed by atoms with Gasteiger partial charge < -0.3 is 19.3 Å². The summed E-state index contributed by atoms with van der Waals surface area (Å²) < 4.78 is 26.3. The van der Waals surface area contributed by atoms with Gasteiger partial charge in [0.25, 0.3) is 0 Å². The van der Waals surface area contributed by atoms with E-state index in [-0.39, 0.29) is 19.4 Å². The number of hydrogen-bond donors (Lipinski definition) is 2. The molecule has 0 amide bonds. The van der Waals surface area contributed by atoms with Crippen molar-refractivity contribution in [3.05, 3.63) is 72.9 Å². The van der Waals surface area contributed by atoms with Crippen molar-refractivity contribution in [1.29, 1.82) is 0 Å². The van der Waals surface area contributed by atoms with Gasteiger partial charge in [0.05, 0.1) is 6.61 Å². The first-order chi connectivity index (χ1) is 26.3. The van der Waals surface area contributed by atoms with Crippen molar-refractivity contribution in [2.75, 3.05) is 13.2 Å². The monoisotopic (exact) mass is 777 g/mol. The molecule has 9 heteroatoms. The summed E-state index contributed by atoms with van der Waals surface area (Å²) in [4.78, 5) is 42.8. The molecule has 0 spiro atoms. The van der Waals surface area contributed by atoms with Gasteiger partial charge >= 0.3 is 19.8 Å². The van der Waals surface area contributed by atoms with Crippen molar-refractivity contribution in [2.45, 2.75) is 187 Å². The number of carbonyl (C=O) groups excluding carboxylic acids is 2. The predicted molar refractivity (Wildman–Crippen MR) is 225 cm³/mol. The molecule has 310 valence electrons. The van der Waals surface area contributed by atoms with E-state index in [1.807, 2.05) is 12.2 Å². The van der Waals surface area contributed by atoms with Crippen LogP contribution in [0.5, 0.6) is 0 Å². The van der Waals surface area contributed by atoms with E-state index in [4.69, 9.17) is 19.3 Å². The van der Waals surface area contributed by atoms with Crippen molar-refractivity contribution >= 4 is 19.8 Å². The minimum Gasteiger partial charge on any atom is -0.462 e. The Morgan fingerprint density at radius 1 is 0.500 bits per heavy atom. The molecule has 1 atom stereocenters. The van der Waals surface area contributed by atoms with Gasteiger partial charge in [-0.15, -0.1) is 0 Å². The van der Waals surface area contributed by atoms with E-state index in [1.54, 1.807) is 0 Å². The van der Waals surface area contributed by atoms with E-state index in [0.717, 1.165) is 64.2 Å². The number of hydrogen-bond acceptors (Lipinski definition) is 6. The molecule has 0 aliphatic heterocycles. The maximum absolute atomic E-state index is 12.3. The molecule has 2 N–H and O–H groups in total. The number of esters is 2. The Balaban J connectivity index is 3.93. The van der Waals surface area contributed by atoms with E-state index in [2.05, 4.69) is 79.1 Å². The highest BCUT2D eigenvalue weighted by molar-refractivity contribution is 7.46. The number of allylic oxidation sites excluding steroid dienone is 12. The molecule has 0 aromatic rings. The van der Waals surface area contributed by atoms with Gasteiger partial charge in [0.2, 0.25) is 0 Å². The third-order valence-electron chi connectivity index (χ3n) is 8.72. The van der Waals surface area contributed by atoms with Crippen molar-refractivity contribution in [3.8, 4) is 0 Å². The smallest absolute Gasteiger partial charge is 0.462 e. The fourth-order valence-electron chi connectivity index (χ4n) is 5.59. The van der Waals surface area contributed by atoms with Crippen molar-refractivity contribution in [3.63, 3.8) is 0 Å². The zero-order valence-corrected chi connectivity index (χ0v) is 35.0. The molecule has 8 nitrogen and oxygen atoms in total. The zero-order chi connectivity index (χ0) is 39.6. The van der Waals surface area contributed by atoms with Crippen molar-refractivity contribution in [1.82, 2.24) is 0 Å². The van der Waals surface area contributed by atoms with Crippen LogP contribution >= 0.6 is 7.82 Å². The van der Waals surface area contributed by atoms with Gasteiger partial charge in [0.1, 0.15) is 6.61 Å². The third kappa shape index (κ3) is 42.2. The summed E-state index contributed by atoms with van der Waals surface area (Å²) in [7, 11) is -4.77. The molecule has 0 saturated carbocycles. The van der Waals surface area contributed by atoms with E-state index < -0.39 is 32.5 Å². The molecule has 0 bridgehead atoms. The van der Waals surface area contributed by atoms with Gasteiger partial charge in [-0.25, -0.2) is 4.57 Å². The molecule has 0 aliphatic carbocycles. The van der Waals surface area contributed by atoms with E-state index in [9.17, 15) is 14.2 Å². The summed E-state index contributed by atoms with van der Waals surface area (Å²) in [5.41, 5.74) is 0. The Labute approximate surface area is 329 Å². The third-order valence-corrected chi connectivity index (χ3v) is 9.21. The molecule has 0 rings (SSSR count). The number of carbonyl (C=O) groups is 2. The number of unbranched alkanes of at least 4 members (excludes halogenated alkanes) is 16. The summed E-state index contributed by atoms with van der Waals surface area (Å²) in [6.07, 6.45) is 52.1. The van der Waals surface area contributed by atoms with E-state index >= 15 is 0 Å². The van der Waals surface area contributed by atoms with Gasteiger partial charge in [0, 0.05) is 12.8 Å². The van der Waals surface area contributed by atoms with Crippen molar-refractivity contribution in [2.24, 2.45) is 0 Å². The largest absolute Gasteiger partial charge is 0.469 e. The summed E-state index contributed by atoms with van der Waals surface area (Å²) >= 11 is 0. The second-order valence-electron chi connectivity index (χ2n) is 13.9. The fraction of sp³-hybridized carbons (Fsp3) is 0.689. The molecule has 0 radical (unpaired) electrons. The fourth-order valence-corrected chi connectivity index (χ4v) is 5.95. The Morgan fingerprint density at radius 3 is 1.41 bits per heavy atom. The minimum absolute atomic E-state index is 0.102. The first-order valence-corrected chi connectivity index (χ1v) is 22.8. The Kier molecular flexibility index (Phi) is 38.3. The SMILES string of the molecule is CC/C=C/C/C=C/C/C=C/C/C=C/CCCCCCCCCCCCC(=O)OCC(COP(=O)(O)O)OC(=O)CC/C=C/C/C=C/CCCCCCCC. The topological polar surface area (TPSA) is 119 Å². The first-order valence-electron chi connectivity index (χ1n) is 21.2. The first kappa shape index (κ1) is 51.5. The van der Waals surface area contributed by atoms with Crippen LogP contribution in [0.25, 0.3) is 0 Å². The van der Waals surface area contributed by atoms with Gasteiger partial charge in [-0.2, -0.15) is 0 Å². The van der Waals surface area contributed by atoms with Crippen LogP contribution in [0, 0.1) is 0 Å². The predicted octanol–water partition coefficient (Wildman–Crippen LogP) is 13.1. The maximum atomic E-state index is 12.3. The van der Waals surface area contributed by atoms with Gasteiger partial charge in [0.15, 0.2) is 6.10 Å². The average Bonchev–Trinajstić information content (AvgIpc) is 3.14. The summed E-state index contributed by atoms with van der Waals surface area (Å²) in [6, 6.07) is 0. The molecule has 0 aromatic carbocycles. The Morgan fingerprint density at radius 2 is 0.926 bits per heavy atom. The van der Waals surface area contributed by atoms with Crippen LogP contribution in [0.3, 0.4) is 0 Å². The standard InChI is InChI=1S/C45H77O8P/c1-3-5-7-9-11-13-15-17-18-19-20-21-22-23-24-25-26-28-29-31-33-35-37-39-44(46)51-41-43(42-52-54(48,49)50)53-45(47)40-38-36-34-32-30-27-16-14-12-10-8-6-4-2/h5,7,11,13,17-18,20-21,27,30,34,36,43H,3-4,6,8-10,12,14-16,19,22-26,28-29,31-33,35,37-42H2,1-2H3,(H2,48,49,50)/b7-5+,13-11+,18-17+,21-20+,30-27+,36-34+. The summed E-state index contributed by atoms with van der Waals surface area (Å²) in [5.74, 6) is -0.972. The van der Waals surface area contributed by atoms with Crippen LogP contribution in [-0.2, 0) is 28.2 Å². The van der Waals surface area contributed by atoms with E-state index in [0.29, 0.717) is 12.8 Å². The van der Waals surface area contributed by atoms with Crippen LogP contribution in [-0.4, -0.2) is 41.0 Å². The lowest BCUT2D eigenvalue weighted by Gasteiger charge is -2.18. The quantitative estimate of drug-likeness (QED) is 0.0275. The van der Waals surface area contributed by atoms with Crippen LogP contribution in [0.2, 0.25) is 0 Å². The van der Waals surface area contributed by atoms with Gasteiger partial charge in [-0.1, -0.05) is 170 Å². The van der Waals surface area contributed by atoms with E-state index in [1.165, 1.54) is 77.0 Å². The molecule has 0 saturated heterocycles. The number of ether oxygens (including phenoxy) is 2. The highest BCUT2D eigenvalue weighted by atomic mass is 31.2. The summed E-state index contributed by atoms with van der Waals surface area (Å²) in [6.45, 7) is 3.50. The molecule has 0 heterocycles. The van der Waals surface area contributed by atoms with Crippen LogP contribution in [0.15, 0.2) is 72.9 Å². The zero-order valence-electron chi connectivity index (χ0n) is 34.1. The summed E-state index contributed by atoms with van der Waals surface area (Å²) in [5, 5.41) is 0. The number of phosphoric ester groups is 1. The van der Waals surface area contributed by atoms with Crippen LogP contribution in [0.4, 0.5) is 0 Å². The minimum atomic E-state index is -4.77. The van der Waals surface area contributed by atoms with Crippen molar-refractivity contribution < 1.29 is 37.9 Å². The number of phosphoric acid groups is 1. The van der Waals surface area contributed by atoms with Crippen LogP contribution < -0.4 is 0 Å². The highest BCUT2D eigenvalue weighted by Gasteiger charge is 2.22. The number of rotatable bonds is 38. The molecule has 0 fully saturated rings. The lowest BCUT2D eigenvalue weighted by Crippen LogP contribution is -2.29. The second-order valence-corrected chi connectivity index (χ2v) is 15.2. The molecule has 0 aliphatic rings. The van der Waals surface area contributed by atoms with Gasteiger partial charge in [-0.3, -0.25) is 14.1 Å². The average molecular weight is 777 g/mol. The van der Waals surface area contributed by atoms with Crippen LogP contribution in [0.1, 0.15) is 181 Å². The van der Waals surface area contributed by atoms with Gasteiger partial charge in [-0.05, 0) is 70.6 Å². The Bertz CT molecular complexity index is 1100. The molecular formula is C45H77O8P. The molecule has 0 aromatic heterocycles. The molecule has 1 unspecified atom stereocenters. The second kappa shape index (κ2) is 40.2. The maximum Gasteiger partial charge on any atom is 0.469 e. The lowest BCUT2D eigenvalue weighted by atomic mass is 10.1. The normalized spacial score (nSPS) is 13.2. The lowest BCUT2D eigenvalue weighted by molar-refractivity contribution is -0.161. The molecular weight excluding hydrogens is 699 g/mol. The Hall–Kier alpha value is -2.51. The molecule has 54 heavy (non-hydrogen) atoms.